The SMILES string of the molecule is CC(C)(CC#N)c1c(C2CCC(C(=O)O)OC2)c2cc3[nH]ncc3cc2n1-c1ccc(F)c(F)c1. The highest BCUT2D eigenvalue weighted by molar-refractivity contribution is 5.99. The predicted molar refractivity (Wildman–Crippen MR) is 125 cm³/mol. The average molecular weight is 478 g/mol. The Hall–Kier alpha value is -3.77. The third-order valence-electron chi connectivity index (χ3n) is 6.85. The van der Waals surface area contributed by atoms with E-state index in [4.69, 9.17) is 4.74 Å². The highest BCUT2D eigenvalue weighted by atomic mass is 19.2. The van der Waals surface area contributed by atoms with Crippen LogP contribution in [0.3, 0.4) is 0 Å². The smallest absolute Gasteiger partial charge is 0.332 e. The fourth-order valence-electron chi connectivity index (χ4n) is 5.18. The number of carbonyl (C=O) groups is 1. The van der Waals surface area contributed by atoms with E-state index < -0.39 is 29.1 Å². The van der Waals surface area contributed by atoms with Crippen LogP contribution in [0.25, 0.3) is 27.5 Å². The molecule has 0 amide bonds. The van der Waals surface area contributed by atoms with Crippen molar-refractivity contribution >= 4 is 27.8 Å². The maximum Gasteiger partial charge on any atom is 0.332 e. The van der Waals surface area contributed by atoms with E-state index in [0.29, 0.717) is 18.5 Å². The molecule has 2 unspecified atom stereocenters. The minimum Gasteiger partial charge on any atom is -0.479 e. The molecule has 1 fully saturated rings. The van der Waals surface area contributed by atoms with E-state index in [1.807, 2.05) is 30.5 Å². The number of nitrogens with zero attached hydrogens (tertiary/aromatic N) is 3. The number of carboxylic acids is 1. The molecular formula is C26H24F2N4O3. The summed E-state index contributed by atoms with van der Waals surface area (Å²) in [6.45, 7) is 4.09. The number of fused-ring (bicyclic) bond motifs is 2. The second kappa shape index (κ2) is 8.47. The van der Waals surface area contributed by atoms with E-state index in [-0.39, 0.29) is 18.9 Å². The van der Waals surface area contributed by atoms with Crippen molar-refractivity contribution in [3.8, 4) is 11.8 Å². The summed E-state index contributed by atoms with van der Waals surface area (Å²) in [6, 6.07) is 9.93. The van der Waals surface area contributed by atoms with Crippen LogP contribution in [0.2, 0.25) is 0 Å². The van der Waals surface area contributed by atoms with Crippen LogP contribution in [0.15, 0.2) is 36.5 Å². The van der Waals surface area contributed by atoms with E-state index in [2.05, 4.69) is 16.3 Å². The van der Waals surface area contributed by atoms with Crippen molar-refractivity contribution in [2.45, 2.75) is 50.5 Å². The topological polar surface area (TPSA) is 104 Å². The fraction of sp³-hybridized carbons (Fsp3) is 0.346. The Labute approximate surface area is 199 Å². The summed E-state index contributed by atoms with van der Waals surface area (Å²) in [7, 11) is 0. The Kier molecular flexibility index (Phi) is 5.56. The van der Waals surface area contributed by atoms with Gasteiger partial charge in [-0.3, -0.25) is 5.10 Å². The Balaban J connectivity index is 1.84. The summed E-state index contributed by atoms with van der Waals surface area (Å²) in [5.41, 5.74) is 3.06. The molecule has 0 radical (unpaired) electrons. The largest absolute Gasteiger partial charge is 0.479 e. The Morgan fingerprint density at radius 3 is 2.74 bits per heavy atom. The molecule has 7 nitrogen and oxygen atoms in total. The van der Waals surface area contributed by atoms with E-state index in [9.17, 15) is 23.9 Å². The molecule has 9 heteroatoms. The molecule has 5 rings (SSSR count). The monoisotopic (exact) mass is 478 g/mol. The molecule has 35 heavy (non-hydrogen) atoms. The van der Waals surface area contributed by atoms with Crippen molar-refractivity contribution in [3.05, 3.63) is 59.4 Å². The first-order valence-corrected chi connectivity index (χ1v) is 11.4. The summed E-state index contributed by atoms with van der Waals surface area (Å²) in [5.74, 6) is -3.05. The second-order valence-corrected chi connectivity index (χ2v) is 9.68. The quantitative estimate of drug-likeness (QED) is 0.404. The van der Waals surface area contributed by atoms with Crippen molar-refractivity contribution in [1.82, 2.24) is 14.8 Å². The Morgan fingerprint density at radius 2 is 2.09 bits per heavy atom. The number of nitriles is 1. The maximum atomic E-state index is 14.4. The van der Waals surface area contributed by atoms with Crippen molar-refractivity contribution in [1.29, 1.82) is 5.26 Å². The molecule has 1 saturated heterocycles. The minimum atomic E-state index is -0.989. The number of carboxylic acid groups (broad SMARTS) is 1. The number of aliphatic carboxylic acids is 1. The normalized spacial score (nSPS) is 18.7. The van der Waals surface area contributed by atoms with Crippen LogP contribution in [-0.2, 0) is 14.9 Å². The number of aromatic amines is 1. The van der Waals surface area contributed by atoms with Gasteiger partial charge in [0.25, 0.3) is 0 Å². The van der Waals surface area contributed by atoms with Crippen molar-refractivity contribution in [3.63, 3.8) is 0 Å². The molecule has 2 aromatic heterocycles. The van der Waals surface area contributed by atoms with Crippen LogP contribution in [0.1, 0.15) is 50.3 Å². The maximum absolute atomic E-state index is 14.4. The Bertz CT molecular complexity index is 1490. The number of rotatable bonds is 5. The second-order valence-electron chi connectivity index (χ2n) is 9.68. The van der Waals surface area contributed by atoms with E-state index in [1.54, 1.807) is 6.20 Å². The molecule has 0 aliphatic carbocycles. The molecule has 1 aliphatic heterocycles. The molecule has 0 bridgehead atoms. The summed E-state index contributed by atoms with van der Waals surface area (Å²) < 4.78 is 35.8. The number of H-pyrrole nitrogens is 1. The molecule has 2 N–H and O–H groups in total. The van der Waals surface area contributed by atoms with E-state index in [0.717, 1.165) is 45.2 Å². The van der Waals surface area contributed by atoms with Crippen LogP contribution in [-0.4, -0.2) is 38.6 Å². The molecule has 1 aliphatic rings. The lowest BCUT2D eigenvalue weighted by Gasteiger charge is -2.32. The first-order valence-electron chi connectivity index (χ1n) is 11.4. The predicted octanol–water partition coefficient (Wildman–Crippen LogP) is 5.32. The van der Waals surface area contributed by atoms with Gasteiger partial charge in [-0.25, -0.2) is 13.6 Å². The molecule has 0 saturated carbocycles. The molecular weight excluding hydrogens is 454 g/mol. The van der Waals surface area contributed by atoms with Crippen molar-refractivity contribution < 1.29 is 23.4 Å². The van der Waals surface area contributed by atoms with Crippen LogP contribution in [0, 0.1) is 23.0 Å². The summed E-state index contributed by atoms with van der Waals surface area (Å²) >= 11 is 0. The number of hydrogen-bond donors (Lipinski definition) is 2. The third kappa shape index (κ3) is 3.84. The molecule has 0 spiro atoms. The van der Waals surface area contributed by atoms with E-state index in [1.165, 1.54) is 6.07 Å². The third-order valence-corrected chi connectivity index (χ3v) is 6.85. The highest BCUT2D eigenvalue weighted by Crippen LogP contribution is 2.45. The van der Waals surface area contributed by atoms with Crippen molar-refractivity contribution in [2.75, 3.05) is 6.61 Å². The van der Waals surface area contributed by atoms with Crippen LogP contribution < -0.4 is 0 Å². The average Bonchev–Trinajstić information content (AvgIpc) is 3.41. The summed E-state index contributed by atoms with van der Waals surface area (Å²) in [6.07, 6.45) is 1.94. The molecule has 2 atom stereocenters. The van der Waals surface area contributed by atoms with E-state index >= 15 is 0 Å². The number of nitrogens with one attached hydrogen (secondary N) is 1. The van der Waals surface area contributed by atoms with Gasteiger partial charge in [0.15, 0.2) is 17.7 Å². The van der Waals surface area contributed by atoms with Gasteiger partial charge in [-0.05, 0) is 42.7 Å². The first kappa shape index (κ1) is 23.0. The summed E-state index contributed by atoms with van der Waals surface area (Å²) in [5, 5.41) is 27.8. The standard InChI is InChI=1S/C26H24F2N4O3/c1-26(2,7-8-29)24-23(14-3-6-22(25(33)34)35-13-14)17-11-20-15(12-30-31-20)9-21(17)32(24)16-4-5-18(27)19(28)10-16/h4-5,9-12,14,22H,3,6-7,13H2,1-2H3,(H,30,31)(H,33,34). The first-order chi connectivity index (χ1) is 16.7. The highest BCUT2D eigenvalue weighted by Gasteiger charge is 2.37. The lowest BCUT2D eigenvalue weighted by atomic mass is 9.78. The van der Waals surface area contributed by atoms with Gasteiger partial charge in [0.05, 0.1) is 29.9 Å². The lowest BCUT2D eigenvalue weighted by Crippen LogP contribution is -2.32. The van der Waals surface area contributed by atoms with Gasteiger partial charge in [-0.1, -0.05) is 13.8 Å². The Morgan fingerprint density at radius 1 is 1.29 bits per heavy atom. The van der Waals surface area contributed by atoms with Gasteiger partial charge >= 0.3 is 5.97 Å². The number of ether oxygens (including phenoxy) is 1. The van der Waals surface area contributed by atoms with Crippen LogP contribution >= 0.6 is 0 Å². The number of hydrogen-bond acceptors (Lipinski definition) is 4. The number of benzene rings is 2. The summed E-state index contributed by atoms with van der Waals surface area (Å²) in [4.78, 5) is 11.4. The minimum absolute atomic E-state index is 0.145. The molecule has 3 heterocycles. The zero-order valence-corrected chi connectivity index (χ0v) is 19.3. The van der Waals surface area contributed by atoms with Gasteiger partial charge in [-0.15, -0.1) is 0 Å². The number of aromatic nitrogens is 3. The van der Waals surface area contributed by atoms with Gasteiger partial charge in [-0.2, -0.15) is 10.4 Å². The lowest BCUT2D eigenvalue weighted by molar-refractivity contribution is -0.153. The van der Waals surface area contributed by atoms with Gasteiger partial charge < -0.3 is 14.4 Å². The molecule has 2 aromatic carbocycles. The molecule has 4 aromatic rings. The van der Waals surface area contributed by atoms with Gasteiger partial charge in [0.1, 0.15) is 0 Å². The van der Waals surface area contributed by atoms with Gasteiger partial charge in [0.2, 0.25) is 0 Å². The van der Waals surface area contributed by atoms with Crippen LogP contribution in [0.4, 0.5) is 8.78 Å². The van der Waals surface area contributed by atoms with Gasteiger partial charge in [0, 0.05) is 46.0 Å². The van der Waals surface area contributed by atoms with Crippen LogP contribution in [0.5, 0.6) is 0 Å². The zero-order chi connectivity index (χ0) is 24.9. The number of halogens is 2. The fourth-order valence-corrected chi connectivity index (χ4v) is 5.18. The molecule has 180 valence electrons. The van der Waals surface area contributed by atoms with Crippen molar-refractivity contribution in [2.24, 2.45) is 0 Å². The zero-order valence-electron chi connectivity index (χ0n) is 19.3.